The number of aliphatic hydroxyl groups excluding tert-OH is 1. The Bertz CT molecular complexity index is 1260. The molecule has 0 atom stereocenters. The molecule has 3 rings (SSSR count). The van der Waals surface area contributed by atoms with Gasteiger partial charge in [0.1, 0.15) is 0 Å². The number of hydrogen-bond donors (Lipinski definition) is 1. The number of aryl methyl sites for hydroxylation is 1. The number of nitrogens with zero attached hydrogens (tertiary/aromatic N) is 1. The summed E-state index contributed by atoms with van der Waals surface area (Å²) in [6, 6.07) is 18.8. The Morgan fingerprint density at radius 3 is 2.16 bits per heavy atom. The van der Waals surface area contributed by atoms with Crippen molar-refractivity contribution in [1.29, 1.82) is 0 Å². The summed E-state index contributed by atoms with van der Waals surface area (Å²) in [5.41, 5.74) is 7.27. The van der Waals surface area contributed by atoms with Crippen LogP contribution >= 0.6 is 0 Å². The molecule has 1 heterocycles. The van der Waals surface area contributed by atoms with Crippen molar-refractivity contribution in [3.63, 3.8) is 0 Å². The molecule has 1 aromatic heterocycles. The van der Waals surface area contributed by atoms with Crippen molar-refractivity contribution in [2.75, 3.05) is 0 Å². The van der Waals surface area contributed by atoms with E-state index in [0.29, 0.717) is 0 Å². The monoisotopic (exact) mass is 693 g/mol. The molecule has 1 radical (unpaired) electrons. The summed E-state index contributed by atoms with van der Waals surface area (Å²) in [6.07, 6.45) is 2.42. The maximum Gasteiger partial charge on any atom is 0.161 e. The second-order valence-corrected chi connectivity index (χ2v) is 12.3. The summed E-state index contributed by atoms with van der Waals surface area (Å²) in [7, 11) is 0. The van der Waals surface area contributed by atoms with Crippen molar-refractivity contribution in [1.82, 2.24) is 4.98 Å². The topological polar surface area (TPSA) is 50.2 Å². The van der Waals surface area contributed by atoms with Crippen LogP contribution in [0.4, 0.5) is 0 Å². The quantitative estimate of drug-likeness (QED) is 0.159. The maximum absolute atomic E-state index is 11.0. The first-order valence-corrected chi connectivity index (χ1v) is 13.5. The summed E-state index contributed by atoms with van der Waals surface area (Å²) in [5.74, 6) is 0.161. The third-order valence-electron chi connectivity index (χ3n) is 6.94. The Kier molecular flexibility index (Phi) is 12.1. The molecule has 0 aliphatic rings. The zero-order valence-corrected chi connectivity index (χ0v) is 27.5. The van der Waals surface area contributed by atoms with E-state index in [0.717, 1.165) is 28.8 Å². The standard InChI is InChI=1S/C25H30N.C9H16O2.Ir/c1-8-25(6,7)21-10-9-11-23-20(21)12-13-22(26-23)18-14-17(2)15-19(16-18)24(3,4)5;1-6(2)8(10)5-9(11)7(3)4;/h9-13,15-16H,8H2,1-7H3;5-7,10H,1-4H3;/q-1;;/b;8-5-;. The SMILES string of the molecule is CC(C)C(=O)/C=C(\O)C(C)C.CCC(C)(C)c1cccc2nc(-c3[c-]c(C)cc(C(C)(C)C)c3)ccc12.[Ir]. The molecule has 0 aliphatic carbocycles. The van der Waals surface area contributed by atoms with Gasteiger partial charge in [-0.1, -0.05) is 100 Å². The average Bonchev–Trinajstić information content (AvgIpc) is 2.82. The largest absolute Gasteiger partial charge is 0.512 e. The van der Waals surface area contributed by atoms with Gasteiger partial charge in [0.05, 0.1) is 11.3 Å². The molecule has 0 fully saturated rings. The van der Waals surface area contributed by atoms with Crippen molar-refractivity contribution in [3.8, 4) is 11.3 Å². The molecule has 0 unspecified atom stereocenters. The normalized spacial score (nSPS) is 12.3. The van der Waals surface area contributed by atoms with Crippen molar-refractivity contribution >= 4 is 16.7 Å². The summed E-state index contributed by atoms with van der Waals surface area (Å²) >= 11 is 0. The van der Waals surface area contributed by atoms with Crippen molar-refractivity contribution in [3.05, 3.63) is 77.1 Å². The smallest absolute Gasteiger partial charge is 0.161 e. The van der Waals surface area contributed by atoms with Crippen LogP contribution in [0.25, 0.3) is 22.2 Å². The molecule has 0 bridgehead atoms. The Hall–Kier alpha value is -2.29. The first-order valence-electron chi connectivity index (χ1n) is 13.5. The van der Waals surface area contributed by atoms with E-state index in [4.69, 9.17) is 4.98 Å². The summed E-state index contributed by atoms with van der Waals surface area (Å²) in [5, 5.41) is 10.4. The minimum Gasteiger partial charge on any atom is -0.512 e. The zero-order valence-electron chi connectivity index (χ0n) is 25.1. The van der Waals surface area contributed by atoms with Gasteiger partial charge in [-0.15, -0.1) is 34.9 Å². The molecule has 0 saturated carbocycles. The van der Waals surface area contributed by atoms with Crippen LogP contribution in [0.2, 0.25) is 0 Å². The van der Waals surface area contributed by atoms with E-state index in [2.05, 4.69) is 97.0 Å². The molecule has 38 heavy (non-hydrogen) atoms. The molecule has 0 amide bonds. The van der Waals surface area contributed by atoms with Crippen LogP contribution in [0.1, 0.15) is 92.3 Å². The van der Waals surface area contributed by atoms with E-state index in [1.54, 1.807) is 0 Å². The maximum atomic E-state index is 11.0. The van der Waals surface area contributed by atoms with Gasteiger partial charge in [-0.3, -0.25) is 9.78 Å². The van der Waals surface area contributed by atoms with Gasteiger partial charge in [0, 0.05) is 43.4 Å². The molecular formula is C34H46IrNO2-. The Balaban J connectivity index is 0.000000514. The number of ketones is 1. The van der Waals surface area contributed by atoms with E-state index in [1.165, 1.54) is 22.6 Å². The van der Waals surface area contributed by atoms with Crippen LogP contribution in [-0.2, 0) is 35.7 Å². The van der Waals surface area contributed by atoms with E-state index in [9.17, 15) is 9.90 Å². The van der Waals surface area contributed by atoms with Gasteiger partial charge in [0.2, 0.25) is 0 Å². The Labute approximate surface area is 244 Å². The second kappa shape index (κ2) is 13.7. The summed E-state index contributed by atoms with van der Waals surface area (Å²) < 4.78 is 0. The van der Waals surface area contributed by atoms with Crippen molar-refractivity contribution < 1.29 is 30.0 Å². The Morgan fingerprint density at radius 1 is 1.00 bits per heavy atom. The van der Waals surface area contributed by atoms with Gasteiger partial charge >= 0.3 is 0 Å². The van der Waals surface area contributed by atoms with Crippen molar-refractivity contribution in [2.45, 2.75) is 93.4 Å². The number of pyridine rings is 1. The molecule has 209 valence electrons. The van der Waals surface area contributed by atoms with Gasteiger partial charge < -0.3 is 5.11 Å². The number of rotatable bonds is 6. The number of carbonyl (C=O) groups excluding carboxylic acids is 1. The van der Waals surface area contributed by atoms with E-state index in [1.807, 2.05) is 27.7 Å². The van der Waals surface area contributed by atoms with Gasteiger partial charge in [-0.25, -0.2) is 0 Å². The van der Waals surface area contributed by atoms with Crippen LogP contribution in [0.3, 0.4) is 0 Å². The van der Waals surface area contributed by atoms with Gasteiger partial charge in [0.25, 0.3) is 0 Å². The number of fused-ring (bicyclic) bond motifs is 1. The van der Waals surface area contributed by atoms with E-state index < -0.39 is 0 Å². The number of carbonyl (C=O) groups is 1. The third kappa shape index (κ3) is 8.89. The number of hydrogen-bond acceptors (Lipinski definition) is 3. The van der Waals surface area contributed by atoms with E-state index in [-0.39, 0.29) is 54.3 Å². The number of allylic oxidation sites excluding steroid dienone is 2. The van der Waals surface area contributed by atoms with Gasteiger partial charge in [-0.2, -0.15) is 0 Å². The van der Waals surface area contributed by atoms with Crippen LogP contribution in [0.5, 0.6) is 0 Å². The molecule has 0 spiro atoms. The molecular weight excluding hydrogens is 647 g/mol. The molecule has 2 aromatic carbocycles. The fourth-order valence-electron chi connectivity index (χ4n) is 3.85. The number of benzene rings is 2. The molecule has 3 aromatic rings. The predicted octanol–water partition coefficient (Wildman–Crippen LogP) is 9.30. The average molecular weight is 693 g/mol. The van der Waals surface area contributed by atoms with Crippen LogP contribution in [-0.4, -0.2) is 15.9 Å². The first-order chi connectivity index (χ1) is 17.1. The zero-order chi connectivity index (χ0) is 28.1. The molecule has 0 saturated heterocycles. The minimum atomic E-state index is -0.0316. The predicted molar refractivity (Wildman–Crippen MR) is 158 cm³/mol. The Morgan fingerprint density at radius 2 is 1.63 bits per heavy atom. The number of aliphatic hydroxyl groups is 1. The minimum absolute atomic E-state index is 0. The molecule has 3 nitrogen and oxygen atoms in total. The summed E-state index contributed by atoms with van der Waals surface area (Å²) in [4.78, 5) is 16.0. The number of aromatic nitrogens is 1. The molecule has 1 N–H and O–H groups in total. The summed E-state index contributed by atoms with van der Waals surface area (Å²) in [6.45, 7) is 23.0. The van der Waals surface area contributed by atoms with Crippen LogP contribution in [0, 0.1) is 24.8 Å². The van der Waals surface area contributed by atoms with Crippen LogP contribution in [0.15, 0.2) is 54.3 Å². The molecule has 4 heteroatoms. The third-order valence-corrected chi connectivity index (χ3v) is 6.94. The van der Waals surface area contributed by atoms with Gasteiger partial charge in [0.15, 0.2) is 5.78 Å². The fourth-order valence-corrected chi connectivity index (χ4v) is 3.85. The first kappa shape index (κ1) is 33.7. The van der Waals surface area contributed by atoms with Crippen LogP contribution < -0.4 is 0 Å². The second-order valence-electron chi connectivity index (χ2n) is 12.3. The fraction of sp³-hybridized carbons (Fsp3) is 0.471. The van der Waals surface area contributed by atoms with Crippen molar-refractivity contribution in [2.24, 2.45) is 11.8 Å². The molecule has 0 aliphatic heterocycles. The van der Waals surface area contributed by atoms with Gasteiger partial charge in [-0.05, 0) is 34.6 Å². The van der Waals surface area contributed by atoms with E-state index >= 15 is 0 Å².